The maximum Gasteiger partial charge on any atom is 0.180 e. The molecule has 7 heteroatoms. The van der Waals surface area contributed by atoms with E-state index in [1.807, 2.05) is 13.2 Å². The summed E-state index contributed by atoms with van der Waals surface area (Å²) in [5.74, 6) is 2.12. The molecule has 0 spiro atoms. The summed E-state index contributed by atoms with van der Waals surface area (Å²) >= 11 is 0. The van der Waals surface area contributed by atoms with E-state index >= 15 is 0 Å². The number of nitrogens with zero attached hydrogens (tertiary/aromatic N) is 6. The lowest BCUT2D eigenvalue weighted by Crippen LogP contribution is -2.10. The Bertz CT molecular complexity index is 511. The van der Waals surface area contributed by atoms with E-state index in [1.165, 1.54) is 0 Å². The summed E-state index contributed by atoms with van der Waals surface area (Å²) in [7, 11) is 1.87. The molecule has 0 unspecified atom stereocenters. The van der Waals surface area contributed by atoms with E-state index in [1.54, 1.807) is 9.36 Å². The van der Waals surface area contributed by atoms with Crippen molar-refractivity contribution in [3.05, 3.63) is 12.0 Å². The molecular weight excluding hydrogens is 230 g/mol. The van der Waals surface area contributed by atoms with Crippen molar-refractivity contribution in [2.24, 2.45) is 18.7 Å². The maximum atomic E-state index is 5.48. The first-order valence-electron chi connectivity index (χ1n) is 6.10. The Morgan fingerprint density at radius 2 is 2.17 bits per heavy atom. The standard InChI is InChI=1S/C11H19N7/c1-8(2)6-10-13-11(17(3)15-10)9-7-18(5-4-12)16-14-9/h7-8H,4-6,12H2,1-3H3. The first kappa shape index (κ1) is 12.7. The first-order valence-corrected chi connectivity index (χ1v) is 6.10. The minimum absolute atomic E-state index is 0.535. The summed E-state index contributed by atoms with van der Waals surface area (Å²) < 4.78 is 3.46. The number of aromatic nitrogens is 6. The number of aryl methyl sites for hydroxylation is 1. The Morgan fingerprint density at radius 3 is 2.83 bits per heavy atom. The molecule has 7 nitrogen and oxygen atoms in total. The predicted molar refractivity (Wildman–Crippen MR) is 67.6 cm³/mol. The fourth-order valence-electron chi connectivity index (χ4n) is 1.75. The second-order valence-corrected chi connectivity index (χ2v) is 4.73. The molecule has 2 aromatic rings. The van der Waals surface area contributed by atoms with E-state index in [0.29, 0.717) is 19.0 Å². The minimum atomic E-state index is 0.535. The minimum Gasteiger partial charge on any atom is -0.329 e. The topological polar surface area (TPSA) is 87.4 Å². The van der Waals surface area contributed by atoms with Crippen LogP contribution in [0.1, 0.15) is 19.7 Å². The molecule has 2 N–H and O–H groups in total. The van der Waals surface area contributed by atoms with Gasteiger partial charge in [0.25, 0.3) is 0 Å². The van der Waals surface area contributed by atoms with Crippen molar-refractivity contribution in [3.8, 4) is 11.5 Å². The van der Waals surface area contributed by atoms with Gasteiger partial charge in [0.05, 0.1) is 12.7 Å². The maximum absolute atomic E-state index is 5.48. The third-order valence-electron chi connectivity index (χ3n) is 2.52. The largest absolute Gasteiger partial charge is 0.329 e. The molecule has 0 aliphatic heterocycles. The van der Waals surface area contributed by atoms with Crippen LogP contribution >= 0.6 is 0 Å². The van der Waals surface area contributed by atoms with Gasteiger partial charge in [-0.2, -0.15) is 5.10 Å². The molecule has 0 atom stereocenters. The van der Waals surface area contributed by atoms with Crippen LogP contribution in [-0.4, -0.2) is 36.3 Å². The van der Waals surface area contributed by atoms with Crippen molar-refractivity contribution >= 4 is 0 Å². The quantitative estimate of drug-likeness (QED) is 0.819. The summed E-state index contributed by atoms with van der Waals surface area (Å²) in [5, 5.41) is 12.5. The van der Waals surface area contributed by atoms with Gasteiger partial charge in [-0.25, -0.2) is 9.67 Å². The SMILES string of the molecule is CC(C)Cc1nc(-c2cn(CCN)nn2)n(C)n1. The molecule has 0 saturated heterocycles. The van der Waals surface area contributed by atoms with E-state index in [-0.39, 0.29) is 0 Å². The lowest BCUT2D eigenvalue weighted by atomic mass is 10.1. The highest BCUT2D eigenvalue weighted by atomic mass is 15.4. The van der Waals surface area contributed by atoms with Gasteiger partial charge in [0.2, 0.25) is 0 Å². The van der Waals surface area contributed by atoms with Crippen LogP contribution in [0.3, 0.4) is 0 Å². The van der Waals surface area contributed by atoms with Gasteiger partial charge in [-0.05, 0) is 5.92 Å². The van der Waals surface area contributed by atoms with Gasteiger partial charge >= 0.3 is 0 Å². The fourth-order valence-corrected chi connectivity index (χ4v) is 1.75. The smallest absolute Gasteiger partial charge is 0.180 e. The Labute approximate surface area is 106 Å². The van der Waals surface area contributed by atoms with Crippen molar-refractivity contribution in [3.63, 3.8) is 0 Å². The zero-order valence-corrected chi connectivity index (χ0v) is 11.0. The molecule has 0 saturated carbocycles. The van der Waals surface area contributed by atoms with Crippen molar-refractivity contribution in [1.82, 2.24) is 29.8 Å². The van der Waals surface area contributed by atoms with Crippen LogP contribution < -0.4 is 5.73 Å². The lowest BCUT2D eigenvalue weighted by molar-refractivity contribution is 0.598. The second kappa shape index (κ2) is 5.26. The van der Waals surface area contributed by atoms with Crippen LogP contribution in [0.4, 0.5) is 0 Å². The summed E-state index contributed by atoms with van der Waals surface area (Å²) in [5.41, 5.74) is 6.21. The molecule has 0 fully saturated rings. The first-order chi connectivity index (χ1) is 8.60. The van der Waals surface area contributed by atoms with E-state index < -0.39 is 0 Å². The number of hydrogen-bond acceptors (Lipinski definition) is 5. The molecule has 2 heterocycles. The Morgan fingerprint density at radius 1 is 1.39 bits per heavy atom. The normalized spacial score (nSPS) is 11.4. The Hall–Kier alpha value is -1.76. The summed E-state index contributed by atoms with van der Waals surface area (Å²) in [6.45, 7) is 5.49. The molecule has 0 aliphatic rings. The highest BCUT2D eigenvalue weighted by Gasteiger charge is 2.13. The third-order valence-corrected chi connectivity index (χ3v) is 2.52. The Kier molecular flexibility index (Phi) is 3.71. The average molecular weight is 249 g/mol. The van der Waals surface area contributed by atoms with Gasteiger partial charge in [0.15, 0.2) is 11.6 Å². The van der Waals surface area contributed by atoms with Crippen LogP contribution in [0.5, 0.6) is 0 Å². The number of hydrogen-bond donors (Lipinski definition) is 1. The zero-order chi connectivity index (χ0) is 13.1. The van der Waals surface area contributed by atoms with Crippen LogP contribution in [0, 0.1) is 5.92 Å². The average Bonchev–Trinajstić information content (AvgIpc) is 2.85. The monoisotopic (exact) mass is 249 g/mol. The molecule has 0 amide bonds. The molecule has 18 heavy (non-hydrogen) atoms. The van der Waals surface area contributed by atoms with Gasteiger partial charge in [-0.3, -0.25) is 4.68 Å². The fraction of sp³-hybridized carbons (Fsp3) is 0.636. The zero-order valence-electron chi connectivity index (χ0n) is 11.0. The van der Waals surface area contributed by atoms with Gasteiger partial charge < -0.3 is 5.73 Å². The highest BCUT2D eigenvalue weighted by molar-refractivity contribution is 5.46. The van der Waals surface area contributed by atoms with E-state index in [0.717, 1.165) is 23.8 Å². The molecular formula is C11H19N7. The summed E-state index contributed by atoms with van der Waals surface area (Å²) in [6, 6.07) is 0. The van der Waals surface area contributed by atoms with E-state index in [9.17, 15) is 0 Å². The van der Waals surface area contributed by atoms with Gasteiger partial charge in [0.1, 0.15) is 5.69 Å². The third kappa shape index (κ3) is 2.73. The van der Waals surface area contributed by atoms with Crippen LogP contribution in [-0.2, 0) is 20.0 Å². The Balaban J connectivity index is 2.23. The molecule has 0 aliphatic carbocycles. The predicted octanol–water partition coefficient (Wildman–Crippen LogP) is 0.231. The van der Waals surface area contributed by atoms with Crippen LogP contribution in [0.2, 0.25) is 0 Å². The van der Waals surface area contributed by atoms with Crippen LogP contribution in [0.25, 0.3) is 11.5 Å². The molecule has 2 aromatic heterocycles. The van der Waals surface area contributed by atoms with Crippen molar-refractivity contribution < 1.29 is 0 Å². The molecule has 0 radical (unpaired) electrons. The van der Waals surface area contributed by atoms with Crippen molar-refractivity contribution in [2.75, 3.05) is 6.54 Å². The van der Waals surface area contributed by atoms with E-state index in [4.69, 9.17) is 5.73 Å². The van der Waals surface area contributed by atoms with Crippen LogP contribution in [0.15, 0.2) is 6.20 Å². The highest BCUT2D eigenvalue weighted by Crippen LogP contribution is 2.14. The van der Waals surface area contributed by atoms with Gasteiger partial charge in [0, 0.05) is 20.0 Å². The molecule has 0 aromatic carbocycles. The lowest BCUT2D eigenvalue weighted by Gasteiger charge is -1.96. The molecule has 98 valence electrons. The van der Waals surface area contributed by atoms with Crippen molar-refractivity contribution in [2.45, 2.75) is 26.8 Å². The van der Waals surface area contributed by atoms with Gasteiger partial charge in [-0.1, -0.05) is 19.1 Å². The van der Waals surface area contributed by atoms with E-state index in [2.05, 4.69) is 34.2 Å². The summed E-state index contributed by atoms with van der Waals surface area (Å²) in [4.78, 5) is 4.50. The molecule has 0 bridgehead atoms. The van der Waals surface area contributed by atoms with Crippen molar-refractivity contribution in [1.29, 1.82) is 0 Å². The molecule has 2 rings (SSSR count). The second-order valence-electron chi connectivity index (χ2n) is 4.73. The summed E-state index contributed by atoms with van der Waals surface area (Å²) in [6.07, 6.45) is 2.71. The van der Waals surface area contributed by atoms with Gasteiger partial charge in [-0.15, -0.1) is 5.10 Å². The number of rotatable bonds is 5. The number of nitrogens with two attached hydrogens (primary N) is 1.